The molecule has 4 heteroatoms. The molecule has 0 heterocycles. The van der Waals surface area contributed by atoms with E-state index in [-0.39, 0.29) is 0 Å². The first-order chi connectivity index (χ1) is 9.95. The summed E-state index contributed by atoms with van der Waals surface area (Å²) in [6.07, 6.45) is 0.504. The number of hydrogen-bond acceptors (Lipinski definition) is 2. The van der Waals surface area contributed by atoms with Gasteiger partial charge in [0.2, 0.25) is 0 Å². The molecule has 2 aromatic rings. The minimum atomic E-state index is -0.798. The van der Waals surface area contributed by atoms with Crippen molar-refractivity contribution in [2.75, 3.05) is 0 Å². The second-order valence-corrected chi connectivity index (χ2v) is 6.73. The Bertz CT molecular complexity index is 638. The van der Waals surface area contributed by atoms with Crippen LogP contribution in [0.3, 0.4) is 0 Å². The molecule has 1 atom stereocenters. The number of rotatable bonds is 5. The maximum Gasteiger partial charge on any atom is 0.317 e. The van der Waals surface area contributed by atoms with Crippen molar-refractivity contribution >= 4 is 29.3 Å². The largest absolute Gasteiger partial charge is 0.480 e. The van der Waals surface area contributed by atoms with Crippen molar-refractivity contribution in [3.05, 3.63) is 64.2 Å². The molecular formula is C17H17ClO2S. The zero-order valence-electron chi connectivity index (χ0n) is 12.0. The summed E-state index contributed by atoms with van der Waals surface area (Å²) in [5, 5.41) is 9.57. The van der Waals surface area contributed by atoms with E-state index in [1.165, 1.54) is 22.9 Å². The summed E-state index contributed by atoms with van der Waals surface area (Å²) in [6, 6.07) is 13.4. The maximum absolute atomic E-state index is 11.5. The number of aryl methyl sites for hydroxylation is 2. The van der Waals surface area contributed by atoms with Crippen LogP contribution in [0.5, 0.6) is 0 Å². The van der Waals surface area contributed by atoms with Gasteiger partial charge in [-0.2, -0.15) is 0 Å². The van der Waals surface area contributed by atoms with Gasteiger partial charge in [0.1, 0.15) is 5.25 Å². The summed E-state index contributed by atoms with van der Waals surface area (Å²) in [4.78, 5) is 12.4. The third-order valence-corrected chi connectivity index (χ3v) is 4.81. The molecule has 0 radical (unpaired) electrons. The molecule has 0 fully saturated rings. The number of thioether (sulfide) groups is 1. The Morgan fingerprint density at radius 3 is 2.38 bits per heavy atom. The van der Waals surface area contributed by atoms with E-state index in [9.17, 15) is 9.90 Å². The average Bonchev–Trinajstić information content (AvgIpc) is 2.44. The standard InChI is InChI=1S/C17H17ClO2S/c1-11-3-4-13(9-12(11)2)10-16(17(19)20)21-15-7-5-14(18)6-8-15/h3-9,16H,10H2,1-2H3,(H,19,20). The zero-order valence-corrected chi connectivity index (χ0v) is 13.5. The first-order valence-corrected chi connectivity index (χ1v) is 7.92. The SMILES string of the molecule is Cc1ccc(CC(Sc2ccc(Cl)cc2)C(=O)O)cc1C. The molecular weight excluding hydrogens is 304 g/mol. The van der Waals surface area contributed by atoms with E-state index in [1.807, 2.05) is 31.2 Å². The van der Waals surface area contributed by atoms with Crippen molar-refractivity contribution in [1.29, 1.82) is 0 Å². The van der Waals surface area contributed by atoms with Gasteiger partial charge in [-0.25, -0.2) is 0 Å². The Labute approximate surface area is 134 Å². The van der Waals surface area contributed by atoms with Crippen LogP contribution >= 0.6 is 23.4 Å². The molecule has 0 spiro atoms. The molecule has 0 aliphatic rings. The van der Waals surface area contributed by atoms with Crippen molar-refractivity contribution in [2.45, 2.75) is 30.4 Å². The first kappa shape index (κ1) is 15.9. The van der Waals surface area contributed by atoms with Gasteiger partial charge in [0.25, 0.3) is 0 Å². The number of aliphatic carboxylic acids is 1. The highest BCUT2D eigenvalue weighted by molar-refractivity contribution is 8.00. The van der Waals surface area contributed by atoms with Gasteiger partial charge in [-0.1, -0.05) is 29.8 Å². The molecule has 0 saturated heterocycles. The molecule has 0 aliphatic carbocycles. The Morgan fingerprint density at radius 1 is 1.14 bits per heavy atom. The Hall–Kier alpha value is -1.45. The summed E-state index contributed by atoms with van der Waals surface area (Å²) in [6.45, 7) is 4.09. The van der Waals surface area contributed by atoms with Gasteiger partial charge in [-0.15, -0.1) is 11.8 Å². The van der Waals surface area contributed by atoms with Crippen molar-refractivity contribution in [3.8, 4) is 0 Å². The number of hydrogen-bond donors (Lipinski definition) is 1. The Balaban J connectivity index is 2.13. The number of benzene rings is 2. The highest BCUT2D eigenvalue weighted by Crippen LogP contribution is 2.27. The number of halogens is 1. The van der Waals surface area contributed by atoms with E-state index in [0.717, 1.165) is 10.5 Å². The summed E-state index contributed by atoms with van der Waals surface area (Å²) in [5.41, 5.74) is 3.45. The molecule has 0 aromatic heterocycles. The normalized spacial score (nSPS) is 12.1. The van der Waals surface area contributed by atoms with E-state index in [4.69, 9.17) is 11.6 Å². The topological polar surface area (TPSA) is 37.3 Å². The molecule has 110 valence electrons. The van der Waals surface area contributed by atoms with Crippen LogP contribution in [0.2, 0.25) is 5.02 Å². The minimum absolute atomic E-state index is 0.504. The predicted molar refractivity (Wildman–Crippen MR) is 88.4 cm³/mol. The zero-order chi connectivity index (χ0) is 15.4. The number of carboxylic acids is 1. The molecule has 2 rings (SSSR count). The van der Waals surface area contributed by atoms with E-state index >= 15 is 0 Å². The molecule has 0 aliphatic heterocycles. The average molecular weight is 321 g/mol. The molecule has 0 amide bonds. The third kappa shape index (κ3) is 4.51. The van der Waals surface area contributed by atoms with Crippen LogP contribution in [0.1, 0.15) is 16.7 Å². The summed E-state index contributed by atoms with van der Waals surface area (Å²) in [7, 11) is 0. The Morgan fingerprint density at radius 2 is 1.81 bits per heavy atom. The second-order valence-electron chi connectivity index (χ2n) is 5.02. The predicted octanol–water partition coefficient (Wildman–Crippen LogP) is 4.74. The quantitative estimate of drug-likeness (QED) is 0.808. The highest BCUT2D eigenvalue weighted by atomic mass is 35.5. The van der Waals surface area contributed by atoms with Crippen LogP contribution in [-0.2, 0) is 11.2 Å². The molecule has 21 heavy (non-hydrogen) atoms. The third-order valence-electron chi connectivity index (χ3n) is 3.36. The fourth-order valence-corrected chi connectivity index (χ4v) is 3.13. The minimum Gasteiger partial charge on any atom is -0.480 e. The summed E-state index contributed by atoms with van der Waals surface area (Å²) >= 11 is 7.20. The molecule has 1 N–H and O–H groups in total. The monoisotopic (exact) mass is 320 g/mol. The van der Waals surface area contributed by atoms with Crippen molar-refractivity contribution in [3.63, 3.8) is 0 Å². The van der Waals surface area contributed by atoms with Crippen LogP contribution < -0.4 is 0 Å². The lowest BCUT2D eigenvalue weighted by Crippen LogP contribution is -2.19. The number of carboxylic acid groups (broad SMARTS) is 1. The highest BCUT2D eigenvalue weighted by Gasteiger charge is 2.19. The van der Waals surface area contributed by atoms with Crippen LogP contribution in [0.4, 0.5) is 0 Å². The van der Waals surface area contributed by atoms with Crippen LogP contribution in [0.15, 0.2) is 47.4 Å². The molecule has 2 nitrogen and oxygen atoms in total. The first-order valence-electron chi connectivity index (χ1n) is 6.67. The lowest BCUT2D eigenvalue weighted by atomic mass is 10.0. The van der Waals surface area contributed by atoms with Gasteiger partial charge < -0.3 is 5.11 Å². The maximum atomic E-state index is 11.5. The van der Waals surface area contributed by atoms with Gasteiger partial charge in [0.05, 0.1) is 0 Å². The van der Waals surface area contributed by atoms with Gasteiger partial charge in [0.15, 0.2) is 0 Å². The number of carbonyl (C=O) groups is 1. The lowest BCUT2D eigenvalue weighted by molar-refractivity contribution is -0.136. The second kappa shape index (κ2) is 7.01. The molecule has 2 aromatic carbocycles. The molecule has 0 bridgehead atoms. The van der Waals surface area contributed by atoms with E-state index < -0.39 is 11.2 Å². The van der Waals surface area contributed by atoms with E-state index in [0.29, 0.717) is 11.4 Å². The van der Waals surface area contributed by atoms with Crippen molar-refractivity contribution < 1.29 is 9.90 Å². The molecule has 1 unspecified atom stereocenters. The Kier molecular flexibility index (Phi) is 5.32. The fraction of sp³-hybridized carbons (Fsp3) is 0.235. The van der Waals surface area contributed by atoms with Crippen LogP contribution in [0, 0.1) is 13.8 Å². The smallest absolute Gasteiger partial charge is 0.317 e. The lowest BCUT2D eigenvalue weighted by Gasteiger charge is -2.13. The molecule has 0 saturated carbocycles. The summed E-state index contributed by atoms with van der Waals surface area (Å²) < 4.78 is 0. The summed E-state index contributed by atoms with van der Waals surface area (Å²) in [5.74, 6) is -0.798. The van der Waals surface area contributed by atoms with Gasteiger partial charge >= 0.3 is 5.97 Å². The van der Waals surface area contributed by atoms with Gasteiger partial charge in [-0.05, 0) is 61.2 Å². The van der Waals surface area contributed by atoms with Crippen molar-refractivity contribution in [2.24, 2.45) is 0 Å². The van der Waals surface area contributed by atoms with Crippen molar-refractivity contribution in [1.82, 2.24) is 0 Å². The fourth-order valence-electron chi connectivity index (χ4n) is 2.00. The van der Waals surface area contributed by atoms with Gasteiger partial charge in [-0.3, -0.25) is 4.79 Å². The van der Waals surface area contributed by atoms with Crippen LogP contribution in [-0.4, -0.2) is 16.3 Å². The van der Waals surface area contributed by atoms with E-state index in [1.54, 1.807) is 12.1 Å². The van der Waals surface area contributed by atoms with Gasteiger partial charge in [0, 0.05) is 9.92 Å². The van der Waals surface area contributed by atoms with Crippen LogP contribution in [0.25, 0.3) is 0 Å². The van der Waals surface area contributed by atoms with E-state index in [2.05, 4.69) is 13.0 Å².